The Morgan fingerprint density at radius 1 is 0.972 bits per heavy atom. The van der Waals surface area contributed by atoms with Crippen molar-refractivity contribution in [3.8, 4) is 0 Å². The van der Waals surface area contributed by atoms with Crippen LogP contribution in [0.3, 0.4) is 0 Å². The molecule has 36 heavy (non-hydrogen) atoms. The predicted octanol–water partition coefficient (Wildman–Crippen LogP) is 0.360. The first-order valence-electron chi connectivity index (χ1n) is 11.9. The van der Waals surface area contributed by atoms with Crippen molar-refractivity contribution < 1.29 is 14.4 Å². The third-order valence-corrected chi connectivity index (χ3v) is 6.90. The molecule has 4 amide bonds. The zero-order chi connectivity index (χ0) is 26.2. The molecule has 2 aliphatic rings. The van der Waals surface area contributed by atoms with E-state index >= 15 is 0 Å². The van der Waals surface area contributed by atoms with Crippen molar-refractivity contribution in [2.24, 2.45) is 0 Å². The maximum Gasteiger partial charge on any atom is 0.350 e. The molecule has 2 saturated heterocycles. The number of nitrogens with one attached hydrogen (secondary N) is 3. The van der Waals surface area contributed by atoms with E-state index in [4.69, 9.17) is 4.98 Å². The number of aryl methyl sites for hydroxylation is 3. The summed E-state index contributed by atoms with van der Waals surface area (Å²) in [7, 11) is 4.63. The lowest BCUT2D eigenvalue weighted by Gasteiger charge is -2.36. The van der Waals surface area contributed by atoms with Crippen molar-refractivity contribution in [1.82, 2.24) is 35.9 Å². The molecule has 4 rings (SSSR count). The maximum atomic E-state index is 13.2. The van der Waals surface area contributed by atoms with Crippen LogP contribution in [-0.2, 0) is 4.79 Å². The van der Waals surface area contributed by atoms with Gasteiger partial charge in [0.2, 0.25) is 5.79 Å². The van der Waals surface area contributed by atoms with Gasteiger partial charge in [0.1, 0.15) is 11.6 Å². The number of nitrogens with zero attached hydrogens (tertiary/aromatic N) is 6. The molecule has 0 spiro atoms. The molecule has 12 heteroatoms. The van der Waals surface area contributed by atoms with Gasteiger partial charge in [0.15, 0.2) is 0 Å². The van der Waals surface area contributed by atoms with Gasteiger partial charge in [0.05, 0.1) is 5.56 Å². The van der Waals surface area contributed by atoms with Gasteiger partial charge in [0.25, 0.3) is 5.91 Å². The highest BCUT2D eigenvalue weighted by Crippen LogP contribution is 2.28. The van der Waals surface area contributed by atoms with Crippen LogP contribution in [0.15, 0.2) is 24.4 Å². The van der Waals surface area contributed by atoms with Gasteiger partial charge < -0.3 is 9.80 Å². The number of urea groups is 1. The summed E-state index contributed by atoms with van der Waals surface area (Å²) in [6.07, 6.45) is 1.44. The zero-order valence-corrected chi connectivity index (χ0v) is 21.5. The number of anilines is 2. The molecule has 0 saturated carbocycles. The lowest BCUT2D eigenvalue weighted by Crippen LogP contribution is -2.68. The van der Waals surface area contributed by atoms with Crippen LogP contribution in [0.1, 0.15) is 27.2 Å². The van der Waals surface area contributed by atoms with Crippen molar-refractivity contribution in [3.05, 3.63) is 46.8 Å². The average molecular weight is 496 g/mol. The van der Waals surface area contributed by atoms with Crippen molar-refractivity contribution >= 4 is 29.5 Å². The van der Waals surface area contributed by atoms with E-state index in [-0.39, 0.29) is 11.7 Å². The molecule has 12 nitrogen and oxygen atoms in total. The molecule has 0 unspecified atom stereocenters. The van der Waals surface area contributed by atoms with Gasteiger partial charge in [-0.25, -0.2) is 25.1 Å². The number of hydrogen-bond acceptors (Lipinski definition) is 9. The molecular weight excluding hydrogens is 462 g/mol. The Labute approximate surface area is 210 Å². The Bertz CT molecular complexity index is 1170. The Hall–Kier alpha value is -3.61. The fraction of sp³-hybridized carbons (Fsp3) is 0.458. The van der Waals surface area contributed by atoms with Crippen molar-refractivity contribution in [1.29, 1.82) is 0 Å². The number of aromatic nitrogens is 2. The Kier molecular flexibility index (Phi) is 6.94. The molecule has 4 heterocycles. The average Bonchev–Trinajstić information content (AvgIpc) is 3.11. The molecule has 192 valence electrons. The highest BCUT2D eigenvalue weighted by atomic mass is 16.2. The van der Waals surface area contributed by atoms with Crippen LogP contribution in [0.25, 0.3) is 0 Å². The fourth-order valence-electron chi connectivity index (χ4n) is 4.72. The third-order valence-electron chi connectivity index (χ3n) is 6.90. The molecule has 2 fully saturated rings. The lowest BCUT2D eigenvalue weighted by molar-refractivity contribution is -0.134. The topological polar surface area (TPSA) is 126 Å². The molecule has 0 atom stereocenters. The number of carbonyl (C=O) groups is 3. The molecule has 3 N–H and O–H groups in total. The van der Waals surface area contributed by atoms with Gasteiger partial charge in [-0.3, -0.25) is 20.2 Å². The van der Waals surface area contributed by atoms with Crippen LogP contribution in [0.4, 0.5) is 16.4 Å². The number of carbonyl (C=O) groups excluding carboxylic acids is 3. The van der Waals surface area contributed by atoms with E-state index in [1.54, 1.807) is 31.1 Å². The summed E-state index contributed by atoms with van der Waals surface area (Å²) in [6.45, 7) is 8.62. The predicted molar refractivity (Wildman–Crippen MR) is 135 cm³/mol. The highest BCUT2D eigenvalue weighted by molar-refractivity contribution is 6.15. The standard InChI is InChI=1S/C24H33N9O3/c1-15-13-16(2)20(29-17(15)3)30-9-11-31(12-10-30)21(34)18-7-8-19(28-14-18)32-23(36)33(27-6)22(35)24(32,25-4)26-5/h7-8,13-14,25-27H,9-12H2,1-6H3. The second kappa shape index (κ2) is 9.80. The van der Waals surface area contributed by atoms with Gasteiger partial charge in [-0.15, -0.1) is 0 Å². The summed E-state index contributed by atoms with van der Waals surface area (Å²) < 4.78 is 0. The van der Waals surface area contributed by atoms with E-state index < -0.39 is 17.7 Å². The van der Waals surface area contributed by atoms with Crippen LogP contribution in [0.5, 0.6) is 0 Å². The van der Waals surface area contributed by atoms with E-state index in [9.17, 15) is 14.4 Å². The van der Waals surface area contributed by atoms with E-state index in [2.05, 4.69) is 45.9 Å². The number of likely N-dealkylation sites (N-methyl/N-ethyl adjacent to an activating group) is 2. The number of rotatable bonds is 6. The third kappa shape index (κ3) is 4.06. The minimum absolute atomic E-state index is 0.132. The smallest absolute Gasteiger partial charge is 0.350 e. The first kappa shape index (κ1) is 25.5. The second-order valence-corrected chi connectivity index (χ2v) is 8.91. The summed E-state index contributed by atoms with van der Waals surface area (Å²) >= 11 is 0. The number of piperazine rings is 1. The minimum Gasteiger partial charge on any atom is -0.353 e. The first-order valence-corrected chi connectivity index (χ1v) is 11.9. The molecule has 2 aromatic rings. The fourth-order valence-corrected chi connectivity index (χ4v) is 4.72. The first-order chi connectivity index (χ1) is 17.2. The SMILES string of the molecule is CNN1C(=O)N(c2ccc(C(=O)N3CCN(c4nc(C)c(C)cc4C)CC3)cn2)C(NC)(NC)C1=O. The van der Waals surface area contributed by atoms with Crippen LogP contribution >= 0.6 is 0 Å². The monoisotopic (exact) mass is 495 g/mol. The summed E-state index contributed by atoms with van der Waals surface area (Å²) in [5, 5.41) is 6.65. The van der Waals surface area contributed by atoms with E-state index in [0.29, 0.717) is 31.7 Å². The summed E-state index contributed by atoms with van der Waals surface area (Å²) in [5.41, 5.74) is 6.32. The zero-order valence-electron chi connectivity index (χ0n) is 21.5. The molecule has 0 aromatic carbocycles. The molecule has 0 radical (unpaired) electrons. The number of pyridine rings is 2. The van der Waals surface area contributed by atoms with Crippen molar-refractivity contribution in [2.75, 3.05) is 57.1 Å². The number of hydrogen-bond donors (Lipinski definition) is 3. The van der Waals surface area contributed by atoms with Gasteiger partial charge >= 0.3 is 11.9 Å². The van der Waals surface area contributed by atoms with E-state index in [1.807, 2.05) is 6.92 Å². The van der Waals surface area contributed by atoms with Crippen molar-refractivity contribution in [3.63, 3.8) is 0 Å². The summed E-state index contributed by atoms with van der Waals surface area (Å²) in [5.74, 6) is -0.960. The van der Waals surface area contributed by atoms with Crippen molar-refractivity contribution in [2.45, 2.75) is 26.6 Å². The van der Waals surface area contributed by atoms with Crippen LogP contribution in [-0.4, -0.2) is 90.8 Å². The van der Waals surface area contributed by atoms with Gasteiger partial charge in [0, 0.05) is 45.1 Å². The summed E-state index contributed by atoms with van der Waals surface area (Å²) in [4.78, 5) is 53.3. The molecule has 0 bridgehead atoms. The van der Waals surface area contributed by atoms with Crippen LogP contribution in [0, 0.1) is 20.8 Å². The normalized spacial score (nSPS) is 17.8. The van der Waals surface area contributed by atoms with Gasteiger partial charge in [-0.1, -0.05) is 6.07 Å². The maximum absolute atomic E-state index is 13.2. The molecule has 2 aliphatic heterocycles. The second-order valence-electron chi connectivity index (χ2n) is 8.91. The summed E-state index contributed by atoms with van der Waals surface area (Å²) in [6, 6.07) is 4.75. The number of amides is 4. The van der Waals surface area contributed by atoms with E-state index in [0.717, 1.165) is 22.1 Å². The minimum atomic E-state index is -1.50. The van der Waals surface area contributed by atoms with E-state index in [1.165, 1.54) is 23.7 Å². The van der Waals surface area contributed by atoms with Crippen LogP contribution in [0.2, 0.25) is 0 Å². The largest absolute Gasteiger partial charge is 0.353 e. The highest BCUT2D eigenvalue weighted by Gasteiger charge is 2.57. The number of hydrazine groups is 1. The molecular formula is C24H33N9O3. The number of imide groups is 1. The van der Waals surface area contributed by atoms with Gasteiger partial charge in [-0.05, 0) is 58.1 Å². The molecule has 2 aromatic heterocycles. The lowest BCUT2D eigenvalue weighted by atomic mass is 10.1. The molecule has 0 aliphatic carbocycles. The Morgan fingerprint density at radius 3 is 2.19 bits per heavy atom. The Morgan fingerprint density at radius 2 is 1.64 bits per heavy atom. The Balaban J connectivity index is 1.48. The van der Waals surface area contributed by atoms with Crippen LogP contribution < -0.4 is 25.9 Å². The van der Waals surface area contributed by atoms with Gasteiger partial charge in [-0.2, -0.15) is 5.01 Å². The quantitative estimate of drug-likeness (QED) is 0.385.